The van der Waals surface area contributed by atoms with Crippen LogP contribution in [0.2, 0.25) is 0 Å². The number of methoxy groups -OCH3 is 1. The number of phenols is 1. The Morgan fingerprint density at radius 2 is 2.10 bits per heavy atom. The molecule has 0 amide bonds. The number of hydrogen-bond acceptors (Lipinski definition) is 4. The summed E-state index contributed by atoms with van der Waals surface area (Å²) in [5.74, 6) is 1.95. The highest BCUT2D eigenvalue weighted by Gasteiger charge is 2.29. The molecule has 110 valence electrons. The van der Waals surface area contributed by atoms with Gasteiger partial charge in [-0.25, -0.2) is 0 Å². The highest BCUT2D eigenvalue weighted by atomic mass is 16.5. The Bertz CT molecular complexity index is 642. The Labute approximate surface area is 124 Å². The Balaban J connectivity index is 1.95. The van der Waals surface area contributed by atoms with E-state index in [4.69, 9.17) is 9.47 Å². The predicted octanol–water partition coefficient (Wildman–Crippen LogP) is 3.19. The molecular weight excluding hydrogens is 266 g/mol. The van der Waals surface area contributed by atoms with Crippen molar-refractivity contribution in [2.75, 3.05) is 14.2 Å². The molecule has 0 fully saturated rings. The maximum Gasteiger partial charge on any atom is 0.126 e. The largest absolute Gasteiger partial charge is 0.508 e. The lowest BCUT2D eigenvalue weighted by molar-refractivity contribution is 0.153. The molecule has 0 radical (unpaired) electrons. The first kappa shape index (κ1) is 13.8. The fraction of sp³-hybridized carbons (Fsp3) is 0.294. The molecule has 2 atom stereocenters. The minimum Gasteiger partial charge on any atom is -0.508 e. The van der Waals surface area contributed by atoms with Crippen LogP contribution in [0.1, 0.15) is 29.7 Å². The molecule has 4 nitrogen and oxygen atoms in total. The van der Waals surface area contributed by atoms with Gasteiger partial charge in [-0.15, -0.1) is 0 Å². The summed E-state index contributed by atoms with van der Waals surface area (Å²) in [5, 5.41) is 13.0. The molecule has 21 heavy (non-hydrogen) atoms. The van der Waals surface area contributed by atoms with Crippen LogP contribution >= 0.6 is 0 Å². The van der Waals surface area contributed by atoms with Crippen molar-refractivity contribution in [3.05, 3.63) is 53.6 Å². The zero-order chi connectivity index (χ0) is 14.8. The van der Waals surface area contributed by atoms with E-state index in [0.717, 1.165) is 29.0 Å². The smallest absolute Gasteiger partial charge is 0.126 e. The lowest BCUT2D eigenvalue weighted by Crippen LogP contribution is -2.26. The van der Waals surface area contributed by atoms with Gasteiger partial charge in [0.1, 0.15) is 23.4 Å². The van der Waals surface area contributed by atoms with Gasteiger partial charge in [0.15, 0.2) is 0 Å². The van der Waals surface area contributed by atoms with E-state index in [1.165, 1.54) is 0 Å². The molecule has 0 aromatic heterocycles. The molecule has 4 heteroatoms. The number of ether oxygens (including phenoxy) is 2. The van der Waals surface area contributed by atoms with Crippen molar-refractivity contribution in [3.8, 4) is 17.2 Å². The Kier molecular flexibility index (Phi) is 3.71. The quantitative estimate of drug-likeness (QED) is 0.909. The average Bonchev–Trinajstić information content (AvgIpc) is 2.53. The summed E-state index contributed by atoms with van der Waals surface area (Å²) in [6, 6.07) is 13.3. The number of nitrogens with one attached hydrogen (secondary N) is 1. The van der Waals surface area contributed by atoms with Crippen LogP contribution in [0, 0.1) is 0 Å². The summed E-state index contributed by atoms with van der Waals surface area (Å²) >= 11 is 0. The number of benzene rings is 2. The van der Waals surface area contributed by atoms with Gasteiger partial charge in [-0.1, -0.05) is 12.1 Å². The second kappa shape index (κ2) is 5.66. The molecule has 1 heterocycles. The van der Waals surface area contributed by atoms with E-state index in [1.54, 1.807) is 19.2 Å². The van der Waals surface area contributed by atoms with E-state index in [0.29, 0.717) is 0 Å². The van der Waals surface area contributed by atoms with E-state index in [2.05, 4.69) is 5.32 Å². The van der Waals surface area contributed by atoms with Crippen molar-refractivity contribution in [1.29, 1.82) is 0 Å². The molecule has 3 rings (SSSR count). The third-order valence-corrected chi connectivity index (χ3v) is 3.90. The van der Waals surface area contributed by atoms with Crippen LogP contribution in [-0.2, 0) is 0 Å². The first-order valence-corrected chi connectivity index (χ1v) is 7.02. The van der Waals surface area contributed by atoms with Crippen LogP contribution in [0.4, 0.5) is 0 Å². The monoisotopic (exact) mass is 285 g/mol. The van der Waals surface area contributed by atoms with Crippen LogP contribution in [0.25, 0.3) is 0 Å². The third-order valence-electron chi connectivity index (χ3n) is 3.90. The van der Waals surface area contributed by atoms with Gasteiger partial charge in [0, 0.05) is 18.0 Å². The van der Waals surface area contributed by atoms with Gasteiger partial charge in [0.2, 0.25) is 0 Å². The minimum atomic E-state index is -0.0737. The fourth-order valence-electron chi connectivity index (χ4n) is 2.78. The van der Waals surface area contributed by atoms with Crippen molar-refractivity contribution in [2.45, 2.75) is 18.6 Å². The Hall–Kier alpha value is -2.20. The summed E-state index contributed by atoms with van der Waals surface area (Å²) in [6.07, 6.45) is 0.732. The van der Waals surface area contributed by atoms with E-state index in [1.807, 2.05) is 37.4 Å². The Morgan fingerprint density at radius 3 is 2.81 bits per heavy atom. The highest BCUT2D eigenvalue weighted by Crippen LogP contribution is 2.42. The molecule has 0 saturated carbocycles. The molecule has 0 bridgehead atoms. The van der Waals surface area contributed by atoms with Crippen molar-refractivity contribution in [3.63, 3.8) is 0 Å². The van der Waals surface area contributed by atoms with Gasteiger partial charge in [0.25, 0.3) is 0 Å². The number of phenolic OH excluding ortho intramolecular Hbond substituents is 1. The van der Waals surface area contributed by atoms with E-state index in [9.17, 15) is 5.11 Å². The standard InChI is InChI=1S/C17H19NO3/c1-18-15-10-17(11-4-3-5-12(19)8-11)21-16-7-6-13(20-2)9-14(15)16/h3-9,15,17-19H,10H2,1-2H3. The molecule has 1 aliphatic heterocycles. The molecule has 2 unspecified atom stereocenters. The van der Waals surface area contributed by atoms with Crippen LogP contribution in [0.15, 0.2) is 42.5 Å². The molecule has 1 aliphatic rings. The number of aromatic hydroxyl groups is 1. The molecule has 2 aromatic rings. The van der Waals surface area contributed by atoms with Gasteiger partial charge < -0.3 is 19.9 Å². The molecule has 0 saturated heterocycles. The van der Waals surface area contributed by atoms with Crippen molar-refractivity contribution < 1.29 is 14.6 Å². The molecule has 2 N–H and O–H groups in total. The SMILES string of the molecule is CNC1CC(c2cccc(O)c2)Oc2ccc(OC)cc21. The van der Waals surface area contributed by atoms with Gasteiger partial charge in [-0.3, -0.25) is 0 Å². The normalized spacial score (nSPS) is 20.5. The summed E-state index contributed by atoms with van der Waals surface area (Å²) in [4.78, 5) is 0. The van der Waals surface area contributed by atoms with E-state index < -0.39 is 0 Å². The number of hydrogen-bond donors (Lipinski definition) is 2. The van der Waals surface area contributed by atoms with Gasteiger partial charge in [-0.2, -0.15) is 0 Å². The summed E-state index contributed by atoms with van der Waals surface area (Å²) < 4.78 is 11.4. The fourth-order valence-corrected chi connectivity index (χ4v) is 2.78. The van der Waals surface area contributed by atoms with Crippen molar-refractivity contribution >= 4 is 0 Å². The first-order valence-electron chi connectivity index (χ1n) is 7.02. The average molecular weight is 285 g/mol. The second-order valence-corrected chi connectivity index (χ2v) is 5.18. The number of fused-ring (bicyclic) bond motifs is 1. The summed E-state index contributed by atoms with van der Waals surface area (Å²) in [7, 11) is 3.61. The van der Waals surface area contributed by atoms with Crippen LogP contribution in [-0.4, -0.2) is 19.3 Å². The topological polar surface area (TPSA) is 50.7 Å². The molecule has 2 aromatic carbocycles. The summed E-state index contributed by atoms with van der Waals surface area (Å²) in [5.41, 5.74) is 2.09. The second-order valence-electron chi connectivity index (χ2n) is 5.18. The zero-order valence-electron chi connectivity index (χ0n) is 12.2. The van der Waals surface area contributed by atoms with Crippen molar-refractivity contribution in [1.82, 2.24) is 5.32 Å². The van der Waals surface area contributed by atoms with Crippen LogP contribution in [0.3, 0.4) is 0 Å². The van der Waals surface area contributed by atoms with E-state index in [-0.39, 0.29) is 17.9 Å². The molecule has 0 aliphatic carbocycles. The van der Waals surface area contributed by atoms with Gasteiger partial charge in [-0.05, 0) is 42.9 Å². The third kappa shape index (κ3) is 2.67. The summed E-state index contributed by atoms with van der Waals surface area (Å²) in [6.45, 7) is 0. The maximum absolute atomic E-state index is 9.64. The molecular formula is C17H19NO3. The molecule has 0 spiro atoms. The first-order chi connectivity index (χ1) is 10.2. The lowest BCUT2D eigenvalue weighted by atomic mass is 9.93. The zero-order valence-corrected chi connectivity index (χ0v) is 12.2. The van der Waals surface area contributed by atoms with Crippen molar-refractivity contribution in [2.24, 2.45) is 0 Å². The van der Waals surface area contributed by atoms with Gasteiger partial charge >= 0.3 is 0 Å². The van der Waals surface area contributed by atoms with Gasteiger partial charge in [0.05, 0.1) is 7.11 Å². The van der Waals surface area contributed by atoms with E-state index >= 15 is 0 Å². The number of rotatable bonds is 3. The maximum atomic E-state index is 9.64. The lowest BCUT2D eigenvalue weighted by Gasteiger charge is -2.32. The Morgan fingerprint density at radius 1 is 1.24 bits per heavy atom. The minimum absolute atomic E-state index is 0.0737. The highest BCUT2D eigenvalue weighted by molar-refractivity contribution is 5.44. The predicted molar refractivity (Wildman–Crippen MR) is 80.9 cm³/mol. The van der Waals surface area contributed by atoms with Crippen LogP contribution in [0.5, 0.6) is 17.2 Å². The van der Waals surface area contributed by atoms with Crippen LogP contribution < -0.4 is 14.8 Å².